The van der Waals surface area contributed by atoms with Crippen LogP contribution >= 0.6 is 12.2 Å². The van der Waals surface area contributed by atoms with Crippen LogP contribution in [0.4, 0.5) is 4.39 Å². The predicted octanol–water partition coefficient (Wildman–Crippen LogP) is 1.00. The average Bonchev–Trinajstić information content (AvgIpc) is 2.17. The zero-order chi connectivity index (χ0) is 11.3. The highest BCUT2D eigenvalue weighted by Gasteiger charge is 2.05. The van der Waals surface area contributed by atoms with Crippen molar-refractivity contribution in [3.05, 3.63) is 29.6 Å². The normalized spacial score (nSPS) is 10.3. The molecule has 0 amide bonds. The Balaban J connectivity index is 2.89. The lowest BCUT2D eigenvalue weighted by molar-refractivity contribution is 0.386. The molecule has 1 aromatic rings. The van der Waals surface area contributed by atoms with Crippen LogP contribution in [0.25, 0.3) is 0 Å². The van der Waals surface area contributed by atoms with E-state index in [9.17, 15) is 4.39 Å². The van der Waals surface area contributed by atoms with Crippen molar-refractivity contribution in [2.75, 3.05) is 7.11 Å². The zero-order valence-corrected chi connectivity index (χ0v) is 8.84. The van der Waals surface area contributed by atoms with Crippen molar-refractivity contribution in [3.8, 4) is 5.75 Å². The molecule has 0 unspecified atom stereocenters. The zero-order valence-electron chi connectivity index (χ0n) is 8.03. The van der Waals surface area contributed by atoms with E-state index in [4.69, 9.17) is 10.5 Å². The largest absolute Gasteiger partial charge is 0.493 e. The Hall–Kier alpha value is -1.69. The van der Waals surface area contributed by atoms with Gasteiger partial charge in [0.15, 0.2) is 16.7 Å². The maximum Gasteiger partial charge on any atom is 0.184 e. The Labute approximate surface area is 91.9 Å². The van der Waals surface area contributed by atoms with Crippen molar-refractivity contribution in [2.45, 2.75) is 0 Å². The monoisotopic (exact) mass is 227 g/mol. The van der Waals surface area contributed by atoms with Crippen LogP contribution in [-0.4, -0.2) is 18.4 Å². The van der Waals surface area contributed by atoms with Gasteiger partial charge in [0, 0.05) is 5.56 Å². The van der Waals surface area contributed by atoms with Crippen LogP contribution in [-0.2, 0) is 0 Å². The van der Waals surface area contributed by atoms with E-state index in [0.29, 0.717) is 5.56 Å². The van der Waals surface area contributed by atoms with Gasteiger partial charge < -0.3 is 10.5 Å². The van der Waals surface area contributed by atoms with Crippen LogP contribution in [0.2, 0.25) is 0 Å². The summed E-state index contributed by atoms with van der Waals surface area (Å²) in [6, 6.07) is 4.52. The van der Waals surface area contributed by atoms with Crippen molar-refractivity contribution in [1.29, 1.82) is 0 Å². The van der Waals surface area contributed by atoms with Crippen molar-refractivity contribution in [3.63, 3.8) is 0 Å². The van der Waals surface area contributed by atoms with Crippen molar-refractivity contribution >= 4 is 23.5 Å². The summed E-state index contributed by atoms with van der Waals surface area (Å²) in [6.45, 7) is 0. The van der Waals surface area contributed by atoms with Crippen molar-refractivity contribution in [2.24, 2.45) is 10.8 Å². The second-order valence-electron chi connectivity index (χ2n) is 2.60. The SMILES string of the molecule is COc1c(F)cccc1C=NNC(N)=S. The minimum absolute atomic E-state index is 0.0432. The quantitative estimate of drug-likeness (QED) is 0.459. The number of benzene rings is 1. The van der Waals surface area contributed by atoms with Gasteiger partial charge in [-0.2, -0.15) is 5.10 Å². The first-order valence-corrected chi connectivity index (χ1v) is 4.47. The van der Waals surface area contributed by atoms with Gasteiger partial charge in [0.25, 0.3) is 0 Å². The Kier molecular flexibility index (Phi) is 3.99. The van der Waals surface area contributed by atoms with Gasteiger partial charge in [-0.05, 0) is 24.4 Å². The van der Waals surface area contributed by atoms with E-state index >= 15 is 0 Å². The third kappa shape index (κ3) is 3.17. The number of ether oxygens (including phenoxy) is 1. The number of para-hydroxylation sites is 1. The molecule has 3 N–H and O–H groups in total. The maximum absolute atomic E-state index is 13.2. The molecule has 80 valence electrons. The minimum atomic E-state index is -0.447. The van der Waals surface area contributed by atoms with Crippen molar-refractivity contribution in [1.82, 2.24) is 5.43 Å². The summed E-state index contributed by atoms with van der Waals surface area (Å²) < 4.78 is 18.1. The molecule has 1 aromatic carbocycles. The van der Waals surface area contributed by atoms with Crippen LogP contribution in [0.5, 0.6) is 5.75 Å². The van der Waals surface area contributed by atoms with E-state index in [1.807, 2.05) is 0 Å². The molecule has 0 spiro atoms. The highest BCUT2D eigenvalue weighted by molar-refractivity contribution is 7.80. The van der Waals surface area contributed by atoms with Crippen LogP contribution in [0.3, 0.4) is 0 Å². The second-order valence-corrected chi connectivity index (χ2v) is 3.04. The lowest BCUT2D eigenvalue weighted by Crippen LogP contribution is -2.24. The van der Waals surface area contributed by atoms with E-state index in [-0.39, 0.29) is 10.9 Å². The highest BCUT2D eigenvalue weighted by atomic mass is 32.1. The van der Waals surface area contributed by atoms with E-state index in [1.54, 1.807) is 12.1 Å². The Morgan fingerprint density at radius 2 is 2.40 bits per heavy atom. The highest BCUT2D eigenvalue weighted by Crippen LogP contribution is 2.20. The number of hydrazone groups is 1. The van der Waals surface area contributed by atoms with Crippen LogP contribution in [0.1, 0.15) is 5.56 Å². The summed E-state index contributed by atoms with van der Waals surface area (Å²) in [5, 5.41) is 3.75. The van der Waals surface area contributed by atoms with Crippen molar-refractivity contribution < 1.29 is 9.13 Å². The molecule has 15 heavy (non-hydrogen) atoms. The molecule has 0 saturated heterocycles. The molecule has 0 aliphatic heterocycles. The number of hydrogen-bond acceptors (Lipinski definition) is 3. The summed E-state index contributed by atoms with van der Waals surface area (Å²) >= 11 is 4.55. The molecule has 0 aromatic heterocycles. The first-order valence-electron chi connectivity index (χ1n) is 4.06. The summed E-state index contributed by atoms with van der Waals surface area (Å²) in [4.78, 5) is 0. The van der Waals surface area contributed by atoms with Crippen LogP contribution in [0, 0.1) is 5.82 Å². The summed E-state index contributed by atoms with van der Waals surface area (Å²) in [5.74, 6) is -0.317. The Morgan fingerprint density at radius 1 is 1.67 bits per heavy atom. The van der Waals surface area contributed by atoms with Gasteiger partial charge in [-0.25, -0.2) is 4.39 Å². The average molecular weight is 227 g/mol. The lowest BCUT2D eigenvalue weighted by atomic mass is 10.2. The molecule has 0 aliphatic carbocycles. The van der Waals surface area contributed by atoms with Gasteiger partial charge in [-0.3, -0.25) is 5.43 Å². The molecule has 6 heteroatoms. The molecule has 0 aliphatic rings. The molecular formula is C9H10FN3OS. The van der Waals surface area contributed by atoms with Gasteiger partial charge in [0.1, 0.15) is 0 Å². The number of rotatable bonds is 3. The van der Waals surface area contributed by atoms with E-state index in [1.165, 1.54) is 19.4 Å². The van der Waals surface area contributed by atoms with Gasteiger partial charge >= 0.3 is 0 Å². The fraction of sp³-hybridized carbons (Fsp3) is 0.111. The summed E-state index contributed by atoms with van der Waals surface area (Å²) in [6.07, 6.45) is 1.38. The van der Waals surface area contributed by atoms with Gasteiger partial charge in [0.2, 0.25) is 0 Å². The minimum Gasteiger partial charge on any atom is -0.493 e. The van der Waals surface area contributed by atoms with Gasteiger partial charge in [0.05, 0.1) is 13.3 Å². The molecular weight excluding hydrogens is 217 g/mol. The molecule has 4 nitrogen and oxygen atoms in total. The second kappa shape index (κ2) is 5.26. The molecule has 0 radical (unpaired) electrons. The number of halogens is 1. The number of nitrogens with one attached hydrogen (secondary N) is 1. The number of nitrogens with zero attached hydrogens (tertiary/aromatic N) is 1. The molecule has 0 atom stereocenters. The third-order valence-corrected chi connectivity index (χ3v) is 1.67. The predicted molar refractivity (Wildman–Crippen MR) is 60.5 cm³/mol. The van der Waals surface area contributed by atoms with Gasteiger partial charge in [-0.15, -0.1) is 0 Å². The first-order chi connectivity index (χ1) is 7.15. The molecule has 0 fully saturated rings. The molecule has 1 rings (SSSR count). The standard InChI is InChI=1S/C9H10FN3OS/c1-14-8-6(3-2-4-7(8)10)5-12-13-9(11)15/h2-5H,1H3,(H3,11,13,15). The summed E-state index contributed by atoms with van der Waals surface area (Å²) in [7, 11) is 1.39. The number of methoxy groups -OCH3 is 1. The maximum atomic E-state index is 13.2. The number of nitrogens with two attached hydrogens (primary N) is 1. The van der Waals surface area contributed by atoms with E-state index < -0.39 is 5.82 Å². The number of thiocarbonyl (C=S) groups is 1. The Bertz CT molecular complexity index is 395. The first kappa shape index (κ1) is 11.4. The van der Waals surface area contributed by atoms with Crippen LogP contribution in [0.15, 0.2) is 23.3 Å². The lowest BCUT2D eigenvalue weighted by Gasteiger charge is -2.04. The van der Waals surface area contributed by atoms with Crippen LogP contribution < -0.4 is 15.9 Å². The van der Waals surface area contributed by atoms with E-state index in [0.717, 1.165) is 0 Å². The fourth-order valence-corrected chi connectivity index (χ4v) is 1.06. The topological polar surface area (TPSA) is 59.6 Å². The van der Waals surface area contributed by atoms with E-state index in [2.05, 4.69) is 22.7 Å². The smallest absolute Gasteiger partial charge is 0.184 e. The molecule has 0 heterocycles. The van der Waals surface area contributed by atoms with Gasteiger partial charge in [-0.1, -0.05) is 6.07 Å². The molecule has 0 bridgehead atoms. The molecule has 0 saturated carbocycles. The summed E-state index contributed by atoms with van der Waals surface area (Å²) in [5.41, 5.74) is 8.02. The third-order valence-electron chi connectivity index (χ3n) is 1.58. The Morgan fingerprint density at radius 3 is 3.00 bits per heavy atom. The number of hydrogen-bond donors (Lipinski definition) is 2. The fourth-order valence-electron chi connectivity index (χ4n) is 1.01.